The Bertz CT molecular complexity index is 514. The first-order valence-corrected chi connectivity index (χ1v) is 7.04. The fraction of sp³-hybridized carbons (Fsp3) is 0.615. The van der Waals surface area contributed by atoms with E-state index in [0.717, 1.165) is 6.92 Å². The van der Waals surface area contributed by atoms with Gasteiger partial charge >= 0.3 is 29.8 Å². The van der Waals surface area contributed by atoms with Crippen molar-refractivity contribution in [1.29, 1.82) is 0 Å². The van der Waals surface area contributed by atoms with Gasteiger partial charge in [0, 0.05) is 6.42 Å². The minimum Gasteiger partial charge on any atom is -0.448 e. The van der Waals surface area contributed by atoms with E-state index in [0.29, 0.717) is 0 Å². The third-order valence-electron chi connectivity index (χ3n) is 2.31. The summed E-state index contributed by atoms with van der Waals surface area (Å²) in [7, 11) is 0. The molecule has 12 nitrogen and oxygen atoms in total. The van der Waals surface area contributed by atoms with Crippen molar-refractivity contribution in [2.45, 2.75) is 51.9 Å². The number of ether oxygens (including phenoxy) is 1. The average molecular weight is 365 g/mol. The smallest absolute Gasteiger partial charge is 0.396 e. The Hall–Kier alpha value is -2.73. The number of rotatable bonds is 7. The Morgan fingerprint density at radius 2 is 1.40 bits per heavy atom. The minimum atomic E-state index is -1.87. The number of carbonyl (C=O) groups excluding carboxylic acids is 5. The Kier molecular flexibility index (Phi) is 9.74. The van der Waals surface area contributed by atoms with E-state index in [1.165, 1.54) is 13.8 Å². The molecule has 0 aromatic rings. The standard InChI is InChI=1S/C13H19NO11/c1-4-9(16)22-25-13(20)8(21-11(18)6(2)14)5-10(17)23-24-12(19)7(3)15/h6-8,15H,4-5,14H2,1-3H3. The molecule has 25 heavy (non-hydrogen) atoms. The molecular weight excluding hydrogens is 346 g/mol. The van der Waals surface area contributed by atoms with Gasteiger partial charge in [-0.05, 0) is 13.8 Å². The van der Waals surface area contributed by atoms with Crippen LogP contribution in [-0.4, -0.2) is 53.2 Å². The maximum absolute atomic E-state index is 11.7. The van der Waals surface area contributed by atoms with Crippen molar-refractivity contribution in [2.24, 2.45) is 5.73 Å². The molecule has 12 heteroatoms. The Balaban J connectivity index is 4.79. The Morgan fingerprint density at radius 3 is 1.88 bits per heavy atom. The lowest BCUT2D eigenvalue weighted by molar-refractivity contribution is -0.271. The predicted molar refractivity (Wildman–Crippen MR) is 74.5 cm³/mol. The summed E-state index contributed by atoms with van der Waals surface area (Å²) in [5, 5.41) is 8.86. The van der Waals surface area contributed by atoms with Gasteiger partial charge in [0.15, 0.2) is 6.10 Å². The van der Waals surface area contributed by atoms with Crippen LogP contribution in [0.1, 0.15) is 33.6 Å². The van der Waals surface area contributed by atoms with Crippen LogP contribution in [0.2, 0.25) is 0 Å². The number of aliphatic hydroxyl groups is 1. The van der Waals surface area contributed by atoms with Crippen LogP contribution < -0.4 is 5.73 Å². The third-order valence-corrected chi connectivity index (χ3v) is 2.31. The second kappa shape index (κ2) is 10.9. The van der Waals surface area contributed by atoms with Crippen molar-refractivity contribution in [1.82, 2.24) is 0 Å². The first kappa shape index (κ1) is 22.3. The third kappa shape index (κ3) is 9.22. The highest BCUT2D eigenvalue weighted by Gasteiger charge is 2.32. The number of hydrogen-bond donors (Lipinski definition) is 2. The lowest BCUT2D eigenvalue weighted by Gasteiger charge is -2.15. The molecule has 0 radical (unpaired) electrons. The Labute approximate surface area is 141 Å². The summed E-state index contributed by atoms with van der Waals surface area (Å²) >= 11 is 0. The highest BCUT2D eigenvalue weighted by Crippen LogP contribution is 2.07. The van der Waals surface area contributed by atoms with Gasteiger partial charge in [0.25, 0.3) is 0 Å². The lowest BCUT2D eigenvalue weighted by Crippen LogP contribution is -2.38. The molecular formula is C13H19NO11. The van der Waals surface area contributed by atoms with Gasteiger partial charge in [-0.15, -0.1) is 0 Å². The average Bonchev–Trinajstić information content (AvgIpc) is 2.55. The summed E-state index contributed by atoms with van der Waals surface area (Å²) in [5.74, 6) is -5.92. The first-order chi connectivity index (χ1) is 11.6. The fourth-order valence-corrected chi connectivity index (χ4v) is 0.963. The van der Waals surface area contributed by atoms with Crippen LogP contribution in [0.5, 0.6) is 0 Å². The number of aliphatic hydroxyl groups excluding tert-OH is 1. The number of hydrogen-bond acceptors (Lipinski definition) is 12. The summed E-state index contributed by atoms with van der Waals surface area (Å²) in [6, 6.07) is -1.13. The van der Waals surface area contributed by atoms with E-state index in [1.807, 2.05) is 0 Å². The van der Waals surface area contributed by atoms with E-state index < -0.39 is 54.5 Å². The van der Waals surface area contributed by atoms with E-state index in [4.69, 9.17) is 10.8 Å². The van der Waals surface area contributed by atoms with E-state index in [1.54, 1.807) is 0 Å². The molecule has 3 unspecified atom stereocenters. The molecule has 0 saturated carbocycles. The van der Waals surface area contributed by atoms with E-state index >= 15 is 0 Å². The summed E-state index contributed by atoms with van der Waals surface area (Å²) < 4.78 is 4.64. The van der Waals surface area contributed by atoms with Crippen molar-refractivity contribution in [2.75, 3.05) is 0 Å². The van der Waals surface area contributed by atoms with Crippen LogP contribution >= 0.6 is 0 Å². The molecule has 0 aromatic carbocycles. The van der Waals surface area contributed by atoms with Gasteiger partial charge in [-0.25, -0.2) is 38.7 Å². The van der Waals surface area contributed by atoms with E-state index in [9.17, 15) is 24.0 Å². The zero-order chi connectivity index (χ0) is 19.6. The van der Waals surface area contributed by atoms with Gasteiger partial charge in [-0.3, -0.25) is 4.79 Å². The number of carbonyl (C=O) groups is 5. The van der Waals surface area contributed by atoms with Crippen molar-refractivity contribution < 1.29 is 53.4 Å². The first-order valence-electron chi connectivity index (χ1n) is 7.04. The van der Waals surface area contributed by atoms with Crippen LogP contribution in [-0.2, 0) is 48.3 Å². The molecule has 3 atom stereocenters. The second-order valence-corrected chi connectivity index (χ2v) is 4.66. The predicted octanol–water partition coefficient (Wildman–Crippen LogP) is -1.57. The molecule has 0 aliphatic heterocycles. The molecule has 0 aromatic heterocycles. The number of esters is 1. The van der Waals surface area contributed by atoms with Crippen LogP contribution in [0, 0.1) is 0 Å². The zero-order valence-corrected chi connectivity index (χ0v) is 13.8. The second-order valence-electron chi connectivity index (χ2n) is 4.66. The van der Waals surface area contributed by atoms with Crippen LogP contribution in [0.15, 0.2) is 0 Å². The highest BCUT2D eigenvalue weighted by atomic mass is 17.2. The Morgan fingerprint density at radius 1 is 0.880 bits per heavy atom. The van der Waals surface area contributed by atoms with Gasteiger partial charge in [-0.2, -0.15) is 0 Å². The molecule has 0 aliphatic rings. The zero-order valence-electron chi connectivity index (χ0n) is 13.8. The monoisotopic (exact) mass is 365 g/mol. The van der Waals surface area contributed by atoms with Crippen molar-refractivity contribution in [3.8, 4) is 0 Å². The van der Waals surface area contributed by atoms with Gasteiger partial charge in [0.1, 0.15) is 6.04 Å². The largest absolute Gasteiger partial charge is 0.448 e. The molecule has 0 spiro atoms. The molecule has 0 rings (SSSR count). The van der Waals surface area contributed by atoms with Crippen molar-refractivity contribution in [3.63, 3.8) is 0 Å². The summed E-state index contributed by atoms with van der Waals surface area (Å²) in [5.41, 5.74) is 5.27. The highest BCUT2D eigenvalue weighted by molar-refractivity contribution is 5.86. The fourth-order valence-electron chi connectivity index (χ4n) is 0.963. The molecule has 0 amide bonds. The van der Waals surface area contributed by atoms with E-state index in [-0.39, 0.29) is 6.42 Å². The molecule has 0 saturated heterocycles. The van der Waals surface area contributed by atoms with Gasteiger partial charge in [-0.1, -0.05) is 6.92 Å². The topological polar surface area (TPSA) is 178 Å². The summed E-state index contributed by atoms with van der Waals surface area (Å²) in [6.45, 7) is 3.74. The van der Waals surface area contributed by atoms with Gasteiger partial charge in [0.2, 0.25) is 6.10 Å². The van der Waals surface area contributed by atoms with E-state index in [2.05, 4.69) is 24.3 Å². The maximum Gasteiger partial charge on any atom is 0.396 e. The SMILES string of the molecule is CCC(=O)OOC(=O)C(CC(=O)OOC(=O)C(C)O)OC(=O)C(C)N. The maximum atomic E-state index is 11.7. The molecule has 3 N–H and O–H groups in total. The molecule has 0 fully saturated rings. The molecule has 0 heterocycles. The van der Waals surface area contributed by atoms with Crippen LogP contribution in [0.4, 0.5) is 0 Å². The normalized spacial score (nSPS) is 13.6. The summed E-state index contributed by atoms with van der Waals surface area (Å²) in [6.07, 6.45) is -4.47. The lowest BCUT2D eigenvalue weighted by atomic mass is 10.2. The van der Waals surface area contributed by atoms with Crippen LogP contribution in [0.3, 0.4) is 0 Å². The molecule has 0 bridgehead atoms. The molecule has 142 valence electrons. The van der Waals surface area contributed by atoms with Gasteiger partial charge < -0.3 is 15.6 Å². The van der Waals surface area contributed by atoms with Gasteiger partial charge in [0.05, 0.1) is 6.42 Å². The quantitative estimate of drug-likeness (QED) is 0.301. The van der Waals surface area contributed by atoms with Crippen molar-refractivity contribution in [3.05, 3.63) is 0 Å². The number of nitrogens with two attached hydrogens (primary N) is 1. The minimum absolute atomic E-state index is 0.102. The van der Waals surface area contributed by atoms with Crippen molar-refractivity contribution >= 4 is 29.8 Å². The summed E-state index contributed by atoms with van der Waals surface area (Å²) in [4.78, 5) is 72.8. The molecule has 0 aliphatic carbocycles. The van der Waals surface area contributed by atoms with Crippen LogP contribution in [0.25, 0.3) is 0 Å².